The van der Waals surface area contributed by atoms with Gasteiger partial charge in [0.1, 0.15) is 18.9 Å². The third-order valence-electron chi connectivity index (χ3n) is 5.29. The largest absolute Gasteiger partial charge is 0.486 e. The molecule has 0 saturated carbocycles. The average Bonchev–Trinajstić information content (AvgIpc) is 3.40. The Hall–Kier alpha value is -3.78. The summed E-state index contributed by atoms with van der Waals surface area (Å²) in [6.45, 7) is 0.968. The molecule has 2 aliphatic rings. The number of hydrogen-bond donors (Lipinski definition) is 1. The van der Waals surface area contributed by atoms with Gasteiger partial charge in [0.05, 0.1) is 11.3 Å². The zero-order chi connectivity index (χ0) is 22.2. The van der Waals surface area contributed by atoms with Crippen LogP contribution in [0, 0.1) is 0 Å². The van der Waals surface area contributed by atoms with E-state index < -0.39 is 5.91 Å². The lowest BCUT2D eigenvalue weighted by atomic mass is 10.1. The van der Waals surface area contributed by atoms with Gasteiger partial charge in [0, 0.05) is 36.4 Å². The van der Waals surface area contributed by atoms with Crippen LogP contribution >= 0.6 is 11.3 Å². The number of benzene rings is 2. The van der Waals surface area contributed by atoms with E-state index in [2.05, 4.69) is 5.32 Å². The van der Waals surface area contributed by atoms with Crippen LogP contribution in [0.3, 0.4) is 0 Å². The zero-order valence-corrected chi connectivity index (χ0v) is 18.4. The van der Waals surface area contributed by atoms with Crippen LogP contribution in [0.5, 0.6) is 11.5 Å². The number of nitrogens with zero attached hydrogens (tertiary/aromatic N) is 2. The number of amides is 2. The Balaban J connectivity index is 1.52. The molecule has 1 aromatic heterocycles. The number of carbonyl (C=O) groups excluding carboxylic acids is 2. The Kier molecular flexibility index (Phi) is 5.07. The van der Waals surface area contributed by atoms with Crippen molar-refractivity contribution >= 4 is 45.8 Å². The second-order valence-electron chi connectivity index (χ2n) is 7.57. The molecule has 8 heteroatoms. The lowest BCUT2D eigenvalue weighted by Crippen LogP contribution is -2.32. The topological polar surface area (TPSA) is 71.1 Å². The summed E-state index contributed by atoms with van der Waals surface area (Å²) in [5, 5.41) is 5.05. The van der Waals surface area contributed by atoms with Crippen molar-refractivity contribution < 1.29 is 19.1 Å². The van der Waals surface area contributed by atoms with Gasteiger partial charge in [-0.05, 0) is 47.8 Å². The van der Waals surface area contributed by atoms with E-state index in [1.165, 1.54) is 16.2 Å². The van der Waals surface area contributed by atoms with Crippen molar-refractivity contribution in [2.24, 2.45) is 0 Å². The predicted octanol–water partition coefficient (Wildman–Crippen LogP) is 3.98. The van der Waals surface area contributed by atoms with Crippen LogP contribution < -0.4 is 24.6 Å². The van der Waals surface area contributed by atoms with Gasteiger partial charge in [-0.25, -0.2) is 4.90 Å². The van der Waals surface area contributed by atoms with Crippen molar-refractivity contribution in [3.8, 4) is 11.5 Å². The van der Waals surface area contributed by atoms with E-state index in [0.717, 1.165) is 10.6 Å². The highest BCUT2D eigenvalue weighted by Gasteiger charge is 2.40. The smallest absolute Gasteiger partial charge is 0.282 e. The van der Waals surface area contributed by atoms with Crippen molar-refractivity contribution in [2.75, 3.05) is 42.4 Å². The minimum atomic E-state index is -0.397. The van der Waals surface area contributed by atoms with Crippen LogP contribution in [0.25, 0.3) is 5.57 Å². The van der Waals surface area contributed by atoms with Crippen molar-refractivity contribution in [3.63, 3.8) is 0 Å². The third-order valence-corrected chi connectivity index (χ3v) is 6.17. The molecule has 2 aliphatic heterocycles. The molecule has 0 fully saturated rings. The number of hydrogen-bond acceptors (Lipinski definition) is 7. The summed E-state index contributed by atoms with van der Waals surface area (Å²) in [6, 6.07) is 16.4. The number of carbonyl (C=O) groups is 2. The molecule has 0 radical (unpaired) electrons. The first kappa shape index (κ1) is 20.1. The number of thiophene rings is 1. The standard InChI is InChI=1S/C24H21N3O4S/c1-26(2)16-6-8-17(9-7-16)27-23(28)21(20-4-3-13-32-20)22(24(27)29)25-15-5-10-18-19(14-15)31-12-11-30-18/h3-10,13-14,25H,11-12H2,1-2H3. The Bertz CT molecular complexity index is 1220. The quantitative estimate of drug-likeness (QED) is 0.597. The van der Waals surface area contributed by atoms with E-state index in [9.17, 15) is 9.59 Å². The lowest BCUT2D eigenvalue weighted by Gasteiger charge is -2.19. The highest BCUT2D eigenvalue weighted by atomic mass is 32.1. The van der Waals surface area contributed by atoms with Gasteiger partial charge in [0.2, 0.25) is 0 Å². The van der Waals surface area contributed by atoms with Gasteiger partial charge in [-0.2, -0.15) is 0 Å². The Morgan fingerprint density at radius 1 is 0.938 bits per heavy atom. The number of fused-ring (bicyclic) bond motifs is 1. The summed E-state index contributed by atoms with van der Waals surface area (Å²) in [6.07, 6.45) is 0. The maximum Gasteiger partial charge on any atom is 0.282 e. The summed E-state index contributed by atoms with van der Waals surface area (Å²) in [5.74, 6) is 0.513. The van der Waals surface area contributed by atoms with Gasteiger partial charge < -0.3 is 19.7 Å². The molecule has 7 nitrogen and oxygen atoms in total. The van der Waals surface area contributed by atoms with Gasteiger partial charge >= 0.3 is 0 Å². The summed E-state index contributed by atoms with van der Waals surface area (Å²) < 4.78 is 11.2. The minimum absolute atomic E-state index is 0.241. The third kappa shape index (κ3) is 3.48. The highest BCUT2D eigenvalue weighted by Crippen LogP contribution is 2.38. The SMILES string of the molecule is CN(C)c1ccc(N2C(=O)C(Nc3ccc4c(c3)OCCO4)=C(c3cccs3)C2=O)cc1. The molecule has 32 heavy (non-hydrogen) atoms. The molecule has 2 aromatic carbocycles. The van der Waals surface area contributed by atoms with Crippen LogP contribution in [0.15, 0.2) is 65.7 Å². The lowest BCUT2D eigenvalue weighted by molar-refractivity contribution is -0.120. The van der Waals surface area contributed by atoms with Gasteiger partial charge in [-0.1, -0.05) is 6.07 Å². The molecule has 3 heterocycles. The second kappa shape index (κ2) is 8.05. The van der Waals surface area contributed by atoms with Crippen molar-refractivity contribution in [2.45, 2.75) is 0 Å². The van der Waals surface area contributed by atoms with E-state index in [4.69, 9.17) is 9.47 Å². The van der Waals surface area contributed by atoms with Crippen molar-refractivity contribution in [1.82, 2.24) is 0 Å². The molecule has 5 rings (SSSR count). The normalized spacial score (nSPS) is 15.4. The highest BCUT2D eigenvalue weighted by molar-refractivity contribution is 7.11. The molecule has 0 saturated heterocycles. The molecule has 3 aromatic rings. The van der Waals surface area contributed by atoms with E-state index in [-0.39, 0.29) is 11.6 Å². The first-order valence-electron chi connectivity index (χ1n) is 10.1. The number of nitrogens with one attached hydrogen (secondary N) is 1. The Morgan fingerprint density at radius 2 is 1.69 bits per heavy atom. The molecule has 2 amide bonds. The van der Waals surface area contributed by atoms with Crippen molar-refractivity contribution in [1.29, 1.82) is 0 Å². The summed E-state index contributed by atoms with van der Waals surface area (Å²) in [5.41, 5.74) is 2.75. The zero-order valence-electron chi connectivity index (χ0n) is 17.6. The van der Waals surface area contributed by atoms with Crippen LogP contribution in [-0.2, 0) is 9.59 Å². The molecule has 0 spiro atoms. The molecule has 0 bridgehead atoms. The van der Waals surface area contributed by atoms with Crippen LogP contribution in [0.1, 0.15) is 4.88 Å². The van der Waals surface area contributed by atoms with E-state index >= 15 is 0 Å². The summed E-state index contributed by atoms with van der Waals surface area (Å²) >= 11 is 1.42. The second-order valence-corrected chi connectivity index (χ2v) is 8.51. The van der Waals surface area contributed by atoms with E-state index in [0.29, 0.717) is 41.7 Å². The number of rotatable bonds is 5. The van der Waals surface area contributed by atoms with Gasteiger partial charge in [0.25, 0.3) is 11.8 Å². The molecular formula is C24H21N3O4S. The monoisotopic (exact) mass is 447 g/mol. The average molecular weight is 448 g/mol. The fraction of sp³-hybridized carbons (Fsp3) is 0.167. The first-order chi connectivity index (χ1) is 15.5. The van der Waals surface area contributed by atoms with Crippen LogP contribution in [0.2, 0.25) is 0 Å². The van der Waals surface area contributed by atoms with Gasteiger partial charge in [-0.15, -0.1) is 11.3 Å². The maximum atomic E-state index is 13.5. The van der Waals surface area contributed by atoms with Crippen molar-refractivity contribution in [3.05, 3.63) is 70.6 Å². The molecule has 0 atom stereocenters. The molecule has 0 unspecified atom stereocenters. The predicted molar refractivity (Wildman–Crippen MR) is 126 cm³/mol. The summed E-state index contributed by atoms with van der Waals surface area (Å²) in [7, 11) is 3.87. The molecule has 162 valence electrons. The van der Waals surface area contributed by atoms with Gasteiger partial charge in [-0.3, -0.25) is 9.59 Å². The Morgan fingerprint density at radius 3 is 2.38 bits per heavy atom. The number of ether oxygens (including phenoxy) is 2. The minimum Gasteiger partial charge on any atom is -0.486 e. The number of imide groups is 1. The fourth-order valence-electron chi connectivity index (χ4n) is 3.69. The molecule has 1 N–H and O–H groups in total. The van der Waals surface area contributed by atoms with E-state index in [1.807, 2.05) is 48.6 Å². The van der Waals surface area contributed by atoms with Crippen LogP contribution in [-0.4, -0.2) is 39.1 Å². The first-order valence-corrected chi connectivity index (χ1v) is 11.0. The van der Waals surface area contributed by atoms with Gasteiger partial charge in [0.15, 0.2) is 11.5 Å². The molecular weight excluding hydrogens is 426 g/mol. The summed E-state index contributed by atoms with van der Waals surface area (Å²) in [4.78, 5) is 30.8. The molecule has 0 aliphatic carbocycles. The Labute approximate surface area is 189 Å². The van der Waals surface area contributed by atoms with Crippen LogP contribution in [0.4, 0.5) is 17.1 Å². The number of anilines is 3. The maximum absolute atomic E-state index is 13.5. The van der Waals surface area contributed by atoms with E-state index in [1.54, 1.807) is 30.3 Å². The fourth-order valence-corrected chi connectivity index (χ4v) is 4.46.